The fourth-order valence-electron chi connectivity index (χ4n) is 2.17. The smallest absolute Gasteiger partial charge is 0.299 e. The summed E-state index contributed by atoms with van der Waals surface area (Å²) in [6, 6.07) is 3.65. The number of hydrogen-bond donors (Lipinski definition) is 0. The summed E-state index contributed by atoms with van der Waals surface area (Å²) in [4.78, 5) is 25.2. The second-order valence-electron chi connectivity index (χ2n) is 4.25. The van der Waals surface area contributed by atoms with Gasteiger partial charge in [-0.15, -0.1) is 0 Å². The molecule has 0 aliphatic carbocycles. The van der Waals surface area contributed by atoms with Gasteiger partial charge in [0.15, 0.2) is 0 Å². The summed E-state index contributed by atoms with van der Waals surface area (Å²) >= 11 is 11.3. The molecule has 18 heavy (non-hydrogen) atoms. The van der Waals surface area contributed by atoms with Gasteiger partial charge in [0.25, 0.3) is 11.7 Å². The summed E-state index contributed by atoms with van der Waals surface area (Å²) in [6.45, 7) is 3.87. The lowest BCUT2D eigenvalue weighted by Crippen LogP contribution is -2.31. The average Bonchev–Trinajstić information content (AvgIpc) is 2.54. The predicted octanol–water partition coefficient (Wildman–Crippen LogP) is 3.15. The first-order chi connectivity index (χ1) is 8.45. The molecule has 0 unspecified atom stereocenters. The molecule has 0 saturated heterocycles. The Morgan fingerprint density at radius 2 is 2.00 bits per heavy atom. The number of halogens is 2. The topological polar surface area (TPSA) is 37.4 Å². The van der Waals surface area contributed by atoms with Crippen LogP contribution in [0.2, 0.25) is 0 Å². The Morgan fingerprint density at radius 1 is 1.33 bits per heavy atom. The van der Waals surface area contributed by atoms with Gasteiger partial charge >= 0.3 is 0 Å². The minimum atomic E-state index is -0.560. The zero-order chi connectivity index (χ0) is 13.4. The Bertz CT molecular complexity index is 579. The first kappa shape index (κ1) is 13.1. The standard InChI is InChI=1S/C13H11Cl2NO2/c1-7-3-8(2)11-10(4-7)12(17)13(18)16(11)6-9(15)5-14/h3-5H,6H2,1-2H3. The molecular weight excluding hydrogens is 273 g/mol. The molecular formula is C13H11Cl2NO2. The van der Waals surface area contributed by atoms with E-state index < -0.39 is 11.7 Å². The number of ketones is 1. The van der Waals surface area contributed by atoms with Crippen molar-refractivity contribution in [3.05, 3.63) is 39.4 Å². The van der Waals surface area contributed by atoms with Gasteiger partial charge in [-0.1, -0.05) is 29.3 Å². The number of nitrogens with zero attached hydrogens (tertiary/aromatic N) is 1. The number of carbonyl (C=O) groups excluding carboxylic acids is 2. The van der Waals surface area contributed by atoms with Crippen LogP contribution in [0.5, 0.6) is 0 Å². The third kappa shape index (κ3) is 2.04. The summed E-state index contributed by atoms with van der Waals surface area (Å²) in [5, 5.41) is 0.311. The first-order valence-corrected chi connectivity index (χ1v) is 6.19. The second-order valence-corrected chi connectivity index (χ2v) is 4.96. The van der Waals surface area contributed by atoms with Gasteiger partial charge in [-0.05, 0) is 31.0 Å². The maximum Gasteiger partial charge on any atom is 0.299 e. The van der Waals surface area contributed by atoms with Gasteiger partial charge in [0.1, 0.15) is 0 Å². The highest BCUT2D eigenvalue weighted by Gasteiger charge is 2.37. The van der Waals surface area contributed by atoms with Crippen LogP contribution in [-0.2, 0) is 4.79 Å². The van der Waals surface area contributed by atoms with Crippen molar-refractivity contribution in [2.75, 3.05) is 11.4 Å². The van der Waals surface area contributed by atoms with Crippen molar-refractivity contribution >= 4 is 40.6 Å². The van der Waals surface area contributed by atoms with E-state index in [9.17, 15) is 9.59 Å². The van der Waals surface area contributed by atoms with Crippen LogP contribution in [0.3, 0.4) is 0 Å². The molecule has 94 valence electrons. The Morgan fingerprint density at radius 3 is 2.61 bits per heavy atom. The highest BCUT2D eigenvalue weighted by Crippen LogP contribution is 2.34. The van der Waals surface area contributed by atoms with Crippen LogP contribution in [0.1, 0.15) is 21.5 Å². The van der Waals surface area contributed by atoms with E-state index in [1.54, 1.807) is 6.07 Å². The maximum absolute atomic E-state index is 11.9. The Kier molecular flexibility index (Phi) is 3.46. The molecule has 0 bridgehead atoms. The number of aryl methyl sites for hydroxylation is 2. The summed E-state index contributed by atoms with van der Waals surface area (Å²) in [5.41, 5.74) is 4.10. The van der Waals surface area contributed by atoms with Crippen molar-refractivity contribution < 1.29 is 9.59 Å². The third-order valence-corrected chi connectivity index (χ3v) is 3.43. The summed E-state index contributed by atoms with van der Waals surface area (Å²) in [5.74, 6) is -1.05. The molecule has 2 rings (SSSR count). The van der Waals surface area contributed by atoms with E-state index in [2.05, 4.69) is 0 Å². The van der Waals surface area contributed by atoms with Crippen LogP contribution in [0.4, 0.5) is 5.69 Å². The van der Waals surface area contributed by atoms with E-state index in [1.807, 2.05) is 19.9 Å². The van der Waals surface area contributed by atoms with Gasteiger partial charge in [0, 0.05) is 10.6 Å². The fourth-order valence-corrected chi connectivity index (χ4v) is 2.36. The number of fused-ring (bicyclic) bond motifs is 1. The number of Topliss-reactive ketones (excluding diaryl/α,β-unsaturated/α-hetero) is 1. The van der Waals surface area contributed by atoms with Gasteiger partial charge in [-0.3, -0.25) is 14.5 Å². The predicted molar refractivity (Wildman–Crippen MR) is 72.4 cm³/mol. The number of benzene rings is 1. The highest BCUT2D eigenvalue weighted by molar-refractivity contribution is 6.53. The second kappa shape index (κ2) is 4.75. The molecule has 0 atom stereocenters. The van der Waals surface area contributed by atoms with Crippen molar-refractivity contribution in [3.8, 4) is 0 Å². The van der Waals surface area contributed by atoms with E-state index in [-0.39, 0.29) is 6.54 Å². The molecule has 1 aromatic rings. The zero-order valence-electron chi connectivity index (χ0n) is 9.96. The first-order valence-electron chi connectivity index (χ1n) is 5.38. The number of carbonyl (C=O) groups is 2. The van der Waals surface area contributed by atoms with E-state index in [1.165, 1.54) is 10.4 Å². The Hall–Kier alpha value is -1.32. The van der Waals surface area contributed by atoms with Crippen molar-refractivity contribution in [2.24, 2.45) is 0 Å². The van der Waals surface area contributed by atoms with Crippen LogP contribution < -0.4 is 4.90 Å². The van der Waals surface area contributed by atoms with Crippen molar-refractivity contribution in [2.45, 2.75) is 13.8 Å². The van der Waals surface area contributed by atoms with Gasteiger partial charge < -0.3 is 0 Å². The molecule has 0 saturated carbocycles. The van der Waals surface area contributed by atoms with Gasteiger partial charge in [-0.25, -0.2) is 0 Å². The van der Waals surface area contributed by atoms with E-state index >= 15 is 0 Å². The highest BCUT2D eigenvalue weighted by atomic mass is 35.5. The van der Waals surface area contributed by atoms with Gasteiger partial charge in [-0.2, -0.15) is 0 Å². The number of rotatable bonds is 2. The van der Waals surface area contributed by atoms with Crippen molar-refractivity contribution in [1.82, 2.24) is 0 Å². The molecule has 5 heteroatoms. The molecule has 0 radical (unpaired) electrons. The number of anilines is 1. The van der Waals surface area contributed by atoms with E-state index in [4.69, 9.17) is 23.2 Å². The molecule has 0 N–H and O–H groups in total. The number of hydrogen-bond acceptors (Lipinski definition) is 2. The lowest BCUT2D eigenvalue weighted by Gasteiger charge is -2.18. The lowest BCUT2D eigenvalue weighted by molar-refractivity contribution is -0.114. The SMILES string of the molecule is Cc1cc(C)c2c(c1)C(=O)C(=O)N2CC(Cl)=CCl. The monoisotopic (exact) mass is 283 g/mol. The summed E-state index contributed by atoms with van der Waals surface area (Å²) < 4.78 is 0. The normalized spacial score (nSPS) is 15.3. The molecule has 0 aromatic heterocycles. The largest absolute Gasteiger partial charge is 0.299 e. The van der Waals surface area contributed by atoms with Crippen LogP contribution in [0.15, 0.2) is 22.7 Å². The average molecular weight is 284 g/mol. The minimum Gasteiger partial charge on any atom is -0.299 e. The van der Waals surface area contributed by atoms with Crippen LogP contribution in [-0.4, -0.2) is 18.2 Å². The quantitative estimate of drug-likeness (QED) is 0.782. The van der Waals surface area contributed by atoms with Crippen LogP contribution >= 0.6 is 23.2 Å². The third-order valence-electron chi connectivity index (χ3n) is 2.83. The Balaban J connectivity index is 2.55. The van der Waals surface area contributed by atoms with E-state index in [0.29, 0.717) is 16.3 Å². The summed E-state index contributed by atoms with van der Waals surface area (Å²) in [7, 11) is 0. The molecule has 1 aliphatic heterocycles. The fraction of sp³-hybridized carbons (Fsp3) is 0.231. The molecule has 0 spiro atoms. The van der Waals surface area contributed by atoms with Crippen LogP contribution in [0.25, 0.3) is 0 Å². The molecule has 0 fully saturated rings. The van der Waals surface area contributed by atoms with E-state index in [0.717, 1.165) is 11.1 Å². The summed E-state index contributed by atoms with van der Waals surface area (Å²) in [6.07, 6.45) is 0. The zero-order valence-corrected chi connectivity index (χ0v) is 11.5. The lowest BCUT2D eigenvalue weighted by atomic mass is 10.0. The van der Waals surface area contributed by atoms with Crippen molar-refractivity contribution in [3.63, 3.8) is 0 Å². The molecule has 1 aromatic carbocycles. The van der Waals surface area contributed by atoms with Gasteiger partial charge in [0.2, 0.25) is 0 Å². The maximum atomic E-state index is 11.9. The minimum absolute atomic E-state index is 0.118. The number of amides is 1. The molecule has 1 aliphatic rings. The van der Waals surface area contributed by atoms with Crippen LogP contribution in [0, 0.1) is 13.8 Å². The van der Waals surface area contributed by atoms with Gasteiger partial charge in [0.05, 0.1) is 17.8 Å². The molecule has 1 heterocycles. The Labute approximate surface area is 115 Å². The molecule has 3 nitrogen and oxygen atoms in total. The van der Waals surface area contributed by atoms with Crippen molar-refractivity contribution in [1.29, 1.82) is 0 Å². The molecule has 1 amide bonds.